The third kappa shape index (κ3) is 2.31. The van der Waals surface area contributed by atoms with E-state index in [1.54, 1.807) is 4.31 Å². The maximum atomic E-state index is 11.9. The number of ether oxygens (including phenoxy) is 1. The number of carbonyl (C=O) groups excluding carboxylic acids is 1. The average molecular weight is 284 g/mol. The molecule has 1 heterocycles. The van der Waals surface area contributed by atoms with E-state index in [2.05, 4.69) is 0 Å². The number of benzene rings is 1. The fraction of sp³-hybridized carbons (Fsp3) is 0.462. The Labute approximate surface area is 116 Å². The van der Waals surface area contributed by atoms with Gasteiger partial charge in [-0.2, -0.15) is 0 Å². The Morgan fingerprint density at radius 3 is 2.72 bits per heavy atom. The molecule has 2 atom stereocenters. The van der Waals surface area contributed by atoms with Gasteiger partial charge in [0, 0.05) is 9.92 Å². The van der Waals surface area contributed by atoms with Gasteiger partial charge in [0.1, 0.15) is 6.10 Å². The van der Waals surface area contributed by atoms with Gasteiger partial charge in [-0.25, -0.2) is 9.10 Å². The Balaban J connectivity index is 1.75. The van der Waals surface area contributed by atoms with Gasteiger partial charge in [0.15, 0.2) is 0 Å². The first-order valence-electron chi connectivity index (χ1n) is 6.17. The van der Waals surface area contributed by atoms with E-state index in [1.807, 2.05) is 24.3 Å². The van der Waals surface area contributed by atoms with Crippen LogP contribution in [-0.2, 0) is 4.74 Å². The quantitative estimate of drug-likeness (QED) is 0.765. The zero-order valence-electron chi connectivity index (χ0n) is 9.84. The first-order valence-corrected chi connectivity index (χ1v) is 7.32. The maximum absolute atomic E-state index is 11.9. The zero-order chi connectivity index (χ0) is 12.5. The van der Waals surface area contributed by atoms with E-state index in [9.17, 15) is 4.79 Å². The monoisotopic (exact) mass is 283 g/mol. The highest BCUT2D eigenvalue weighted by Crippen LogP contribution is 2.38. The van der Waals surface area contributed by atoms with Crippen molar-refractivity contribution in [2.24, 2.45) is 0 Å². The predicted octanol–water partition coefficient (Wildman–Crippen LogP) is 4.11. The predicted molar refractivity (Wildman–Crippen MR) is 71.7 cm³/mol. The summed E-state index contributed by atoms with van der Waals surface area (Å²) in [5.74, 6) is 0. The van der Waals surface area contributed by atoms with Crippen molar-refractivity contribution in [3.63, 3.8) is 0 Å². The van der Waals surface area contributed by atoms with Crippen LogP contribution < -0.4 is 0 Å². The molecule has 2 aliphatic rings. The van der Waals surface area contributed by atoms with Gasteiger partial charge in [-0.15, -0.1) is 0 Å². The standard InChI is InChI=1S/C13H14ClNO2S/c14-9-5-7-10(8-6-9)18-15-11-3-1-2-4-12(11)17-13(15)16/h5-8,11-12H,1-4H2. The summed E-state index contributed by atoms with van der Waals surface area (Å²) in [7, 11) is 0. The summed E-state index contributed by atoms with van der Waals surface area (Å²) in [5, 5.41) is 0.707. The van der Waals surface area contributed by atoms with Crippen molar-refractivity contribution in [3.8, 4) is 0 Å². The van der Waals surface area contributed by atoms with Gasteiger partial charge in [0.25, 0.3) is 0 Å². The largest absolute Gasteiger partial charge is 0.443 e. The summed E-state index contributed by atoms with van der Waals surface area (Å²) >= 11 is 7.31. The molecule has 2 fully saturated rings. The molecule has 3 nitrogen and oxygen atoms in total. The molecule has 96 valence electrons. The molecular weight excluding hydrogens is 270 g/mol. The topological polar surface area (TPSA) is 29.5 Å². The number of amides is 1. The van der Waals surface area contributed by atoms with Gasteiger partial charge < -0.3 is 4.74 Å². The van der Waals surface area contributed by atoms with Crippen molar-refractivity contribution < 1.29 is 9.53 Å². The molecule has 18 heavy (non-hydrogen) atoms. The molecule has 1 aromatic carbocycles. The Morgan fingerprint density at radius 1 is 1.22 bits per heavy atom. The minimum Gasteiger partial charge on any atom is -0.443 e. The van der Waals surface area contributed by atoms with Crippen LogP contribution in [0.3, 0.4) is 0 Å². The Morgan fingerprint density at radius 2 is 1.94 bits per heavy atom. The molecular formula is C13H14ClNO2S. The second kappa shape index (κ2) is 5.02. The lowest BCUT2D eigenvalue weighted by atomic mass is 9.93. The number of halogens is 1. The summed E-state index contributed by atoms with van der Waals surface area (Å²) in [6.07, 6.45) is 4.26. The molecule has 5 heteroatoms. The third-order valence-corrected chi connectivity index (χ3v) is 4.77. The van der Waals surface area contributed by atoms with Crippen LogP contribution in [0.25, 0.3) is 0 Å². The summed E-state index contributed by atoms with van der Waals surface area (Å²) in [4.78, 5) is 12.9. The molecule has 0 radical (unpaired) electrons. The molecule has 1 saturated heterocycles. The summed E-state index contributed by atoms with van der Waals surface area (Å²) in [5.41, 5.74) is 0. The molecule has 1 aliphatic heterocycles. The Bertz CT molecular complexity index is 451. The van der Waals surface area contributed by atoms with Gasteiger partial charge in [-0.05, 0) is 55.5 Å². The lowest BCUT2D eigenvalue weighted by molar-refractivity contribution is 0.113. The van der Waals surface area contributed by atoms with Crippen molar-refractivity contribution in [2.45, 2.75) is 42.7 Å². The number of fused-ring (bicyclic) bond motifs is 1. The molecule has 3 rings (SSSR count). The first kappa shape index (κ1) is 12.2. The Hall–Kier alpha value is -0.870. The van der Waals surface area contributed by atoms with Gasteiger partial charge in [-0.3, -0.25) is 0 Å². The Kier molecular flexibility index (Phi) is 3.39. The van der Waals surface area contributed by atoms with Crippen LogP contribution in [0.15, 0.2) is 29.2 Å². The average Bonchev–Trinajstić information content (AvgIpc) is 2.69. The first-order chi connectivity index (χ1) is 8.74. The lowest BCUT2D eigenvalue weighted by Crippen LogP contribution is -2.34. The van der Waals surface area contributed by atoms with Crippen molar-refractivity contribution >= 4 is 29.6 Å². The van der Waals surface area contributed by atoms with Crippen molar-refractivity contribution in [1.29, 1.82) is 0 Å². The van der Waals surface area contributed by atoms with Crippen LogP contribution in [0.4, 0.5) is 4.79 Å². The normalized spacial score (nSPS) is 26.9. The van der Waals surface area contributed by atoms with E-state index in [0.717, 1.165) is 24.2 Å². The van der Waals surface area contributed by atoms with E-state index in [0.29, 0.717) is 5.02 Å². The van der Waals surface area contributed by atoms with Crippen LogP contribution in [0.5, 0.6) is 0 Å². The van der Waals surface area contributed by atoms with E-state index in [4.69, 9.17) is 16.3 Å². The molecule has 1 amide bonds. The molecule has 1 aromatic rings. The number of nitrogens with zero attached hydrogens (tertiary/aromatic N) is 1. The molecule has 0 bridgehead atoms. The fourth-order valence-corrected chi connectivity index (χ4v) is 3.62. The number of hydrogen-bond donors (Lipinski definition) is 0. The molecule has 1 aliphatic carbocycles. The highest BCUT2D eigenvalue weighted by atomic mass is 35.5. The van der Waals surface area contributed by atoms with Gasteiger partial charge in [0.05, 0.1) is 6.04 Å². The van der Waals surface area contributed by atoms with Crippen LogP contribution in [0.1, 0.15) is 25.7 Å². The summed E-state index contributed by atoms with van der Waals surface area (Å²) < 4.78 is 7.20. The van der Waals surface area contributed by atoms with Crippen LogP contribution in [-0.4, -0.2) is 22.5 Å². The second-order valence-electron chi connectivity index (χ2n) is 4.65. The minimum atomic E-state index is -0.202. The zero-order valence-corrected chi connectivity index (χ0v) is 11.4. The van der Waals surface area contributed by atoms with Gasteiger partial charge >= 0.3 is 6.09 Å². The second-order valence-corrected chi connectivity index (χ2v) is 6.13. The highest BCUT2D eigenvalue weighted by molar-refractivity contribution is 7.97. The molecule has 2 unspecified atom stereocenters. The van der Waals surface area contributed by atoms with E-state index in [-0.39, 0.29) is 18.2 Å². The minimum absolute atomic E-state index is 0.0889. The molecule has 0 spiro atoms. The molecule has 1 saturated carbocycles. The summed E-state index contributed by atoms with van der Waals surface area (Å²) in [6.45, 7) is 0. The smallest absolute Gasteiger partial charge is 0.420 e. The fourth-order valence-electron chi connectivity index (χ4n) is 2.51. The van der Waals surface area contributed by atoms with Crippen molar-refractivity contribution in [3.05, 3.63) is 29.3 Å². The van der Waals surface area contributed by atoms with Crippen molar-refractivity contribution in [1.82, 2.24) is 4.31 Å². The van der Waals surface area contributed by atoms with Crippen LogP contribution >= 0.6 is 23.5 Å². The number of rotatable bonds is 2. The van der Waals surface area contributed by atoms with Crippen LogP contribution in [0.2, 0.25) is 5.02 Å². The van der Waals surface area contributed by atoms with Gasteiger partial charge in [-0.1, -0.05) is 18.0 Å². The van der Waals surface area contributed by atoms with E-state index < -0.39 is 0 Å². The van der Waals surface area contributed by atoms with E-state index in [1.165, 1.54) is 18.4 Å². The SMILES string of the molecule is O=C1OC2CCCCC2N1Sc1ccc(Cl)cc1. The highest BCUT2D eigenvalue weighted by Gasteiger charge is 2.43. The third-order valence-electron chi connectivity index (χ3n) is 3.42. The van der Waals surface area contributed by atoms with Gasteiger partial charge in [0.2, 0.25) is 0 Å². The number of carbonyl (C=O) groups is 1. The molecule has 0 N–H and O–H groups in total. The van der Waals surface area contributed by atoms with Crippen molar-refractivity contribution in [2.75, 3.05) is 0 Å². The van der Waals surface area contributed by atoms with Crippen LogP contribution in [0, 0.1) is 0 Å². The molecule has 0 aromatic heterocycles. The lowest BCUT2D eigenvalue weighted by Gasteiger charge is -2.26. The maximum Gasteiger partial charge on any atom is 0.420 e. The summed E-state index contributed by atoms with van der Waals surface area (Å²) in [6, 6.07) is 7.76. The number of hydrogen-bond acceptors (Lipinski definition) is 3. The van der Waals surface area contributed by atoms with E-state index >= 15 is 0 Å².